The lowest BCUT2D eigenvalue weighted by Crippen LogP contribution is -2.15. The molecule has 1 aromatic carbocycles. The van der Waals surface area contributed by atoms with Crippen molar-refractivity contribution in [2.75, 3.05) is 17.7 Å². The molecule has 0 aliphatic carbocycles. The van der Waals surface area contributed by atoms with E-state index in [-0.39, 0.29) is 5.91 Å². The molecule has 7 heteroatoms. The molecule has 3 heterocycles. The van der Waals surface area contributed by atoms with Gasteiger partial charge in [0.15, 0.2) is 11.3 Å². The molecule has 128 valence electrons. The molecule has 4 rings (SSSR count). The lowest BCUT2D eigenvalue weighted by atomic mass is 10.1. The zero-order valence-electron chi connectivity index (χ0n) is 14.0. The number of pyridine rings is 1. The van der Waals surface area contributed by atoms with Crippen LogP contribution in [0.2, 0.25) is 0 Å². The van der Waals surface area contributed by atoms with Gasteiger partial charge >= 0.3 is 0 Å². The number of nitrogens with zero attached hydrogens (tertiary/aromatic N) is 4. The third-order valence-electron chi connectivity index (χ3n) is 3.99. The van der Waals surface area contributed by atoms with Crippen molar-refractivity contribution in [1.82, 2.24) is 19.6 Å². The lowest BCUT2D eigenvalue weighted by Gasteiger charge is -2.09. The van der Waals surface area contributed by atoms with Crippen molar-refractivity contribution in [3.8, 4) is 11.3 Å². The Hall–Kier alpha value is -3.74. The molecule has 0 radical (unpaired) electrons. The molecule has 0 bridgehead atoms. The number of fused-ring (bicyclic) bond motifs is 1. The van der Waals surface area contributed by atoms with Gasteiger partial charge in [0.05, 0.1) is 23.8 Å². The zero-order chi connectivity index (χ0) is 17.9. The van der Waals surface area contributed by atoms with Crippen LogP contribution in [0.15, 0.2) is 67.1 Å². The third-order valence-corrected chi connectivity index (χ3v) is 3.99. The average Bonchev–Trinajstić information content (AvgIpc) is 3.12. The number of benzene rings is 1. The molecule has 0 saturated heterocycles. The Bertz CT molecular complexity index is 1070. The van der Waals surface area contributed by atoms with Crippen LogP contribution in [0.1, 0.15) is 10.5 Å². The van der Waals surface area contributed by atoms with Gasteiger partial charge in [-0.05, 0) is 30.3 Å². The quantitative estimate of drug-likeness (QED) is 0.594. The predicted octanol–water partition coefficient (Wildman–Crippen LogP) is 3.09. The number of hydrogen-bond donors (Lipinski definition) is 2. The first-order valence-electron chi connectivity index (χ1n) is 8.09. The first-order chi connectivity index (χ1) is 12.8. The van der Waals surface area contributed by atoms with Gasteiger partial charge in [-0.25, -0.2) is 9.50 Å². The summed E-state index contributed by atoms with van der Waals surface area (Å²) in [5.41, 5.74) is 4.23. The highest BCUT2D eigenvalue weighted by atomic mass is 16.2. The lowest BCUT2D eigenvalue weighted by molar-refractivity contribution is 0.102. The Morgan fingerprint density at radius 3 is 2.73 bits per heavy atom. The van der Waals surface area contributed by atoms with Gasteiger partial charge in [-0.2, -0.15) is 5.10 Å². The second-order valence-electron chi connectivity index (χ2n) is 5.62. The molecule has 2 N–H and O–H groups in total. The Morgan fingerprint density at radius 1 is 1.04 bits per heavy atom. The maximum absolute atomic E-state index is 12.6. The molecule has 26 heavy (non-hydrogen) atoms. The highest BCUT2D eigenvalue weighted by molar-refractivity contribution is 6.03. The molecule has 7 nitrogen and oxygen atoms in total. The molecule has 4 aromatic rings. The molecule has 0 atom stereocenters. The molecule has 0 aliphatic rings. The fourth-order valence-electron chi connectivity index (χ4n) is 2.73. The number of amides is 1. The van der Waals surface area contributed by atoms with Crippen LogP contribution in [0.3, 0.4) is 0 Å². The summed E-state index contributed by atoms with van der Waals surface area (Å²) in [6.07, 6.45) is 4.75. The van der Waals surface area contributed by atoms with Crippen molar-refractivity contribution in [3.63, 3.8) is 0 Å². The van der Waals surface area contributed by atoms with Gasteiger partial charge in [-0.3, -0.25) is 9.78 Å². The summed E-state index contributed by atoms with van der Waals surface area (Å²) in [7, 11) is 1.86. The van der Waals surface area contributed by atoms with Crippen LogP contribution in [-0.4, -0.2) is 32.5 Å². The summed E-state index contributed by atoms with van der Waals surface area (Å²) >= 11 is 0. The Balaban J connectivity index is 1.74. The Labute approximate surface area is 149 Å². The van der Waals surface area contributed by atoms with Gasteiger partial charge in [-0.1, -0.05) is 18.2 Å². The fraction of sp³-hybridized carbons (Fsp3) is 0.0526. The van der Waals surface area contributed by atoms with Gasteiger partial charge in [0.2, 0.25) is 0 Å². The number of anilines is 2. The second kappa shape index (κ2) is 6.64. The Kier molecular flexibility index (Phi) is 4.03. The van der Waals surface area contributed by atoms with E-state index in [1.165, 1.54) is 6.20 Å². The van der Waals surface area contributed by atoms with Crippen molar-refractivity contribution in [2.45, 2.75) is 0 Å². The highest BCUT2D eigenvalue weighted by Crippen LogP contribution is 2.26. The number of carbonyl (C=O) groups is 1. The number of nitrogens with one attached hydrogen (secondary N) is 2. The minimum absolute atomic E-state index is 0.294. The highest BCUT2D eigenvalue weighted by Gasteiger charge is 2.15. The number of aromatic nitrogens is 4. The van der Waals surface area contributed by atoms with Crippen LogP contribution in [0, 0.1) is 0 Å². The molecule has 0 saturated carbocycles. The standard InChI is InChI=1S/C19H16N6O/c1-20-15-7-3-2-6-14(15)16-8-9-18-22-12-17(25(18)24-16)19(26)23-13-5-4-10-21-11-13/h2-12,20H,1H3,(H,23,26). The number of imidazole rings is 1. The van der Waals surface area contributed by atoms with Crippen molar-refractivity contribution in [3.05, 3.63) is 72.8 Å². The van der Waals surface area contributed by atoms with Gasteiger partial charge in [-0.15, -0.1) is 0 Å². The van der Waals surface area contributed by atoms with Crippen LogP contribution in [0.5, 0.6) is 0 Å². The monoisotopic (exact) mass is 344 g/mol. The molecular formula is C19H16N6O. The minimum atomic E-state index is -0.294. The van der Waals surface area contributed by atoms with Crippen molar-refractivity contribution < 1.29 is 4.79 Å². The summed E-state index contributed by atoms with van der Waals surface area (Å²) in [6.45, 7) is 0. The van der Waals surface area contributed by atoms with E-state index < -0.39 is 0 Å². The van der Waals surface area contributed by atoms with E-state index in [1.807, 2.05) is 43.4 Å². The molecule has 0 spiro atoms. The first kappa shape index (κ1) is 15.8. The fourth-order valence-corrected chi connectivity index (χ4v) is 2.73. The van der Waals surface area contributed by atoms with E-state index in [0.29, 0.717) is 17.0 Å². The van der Waals surface area contributed by atoms with E-state index in [2.05, 4.69) is 25.7 Å². The van der Waals surface area contributed by atoms with E-state index in [0.717, 1.165) is 16.9 Å². The normalized spacial score (nSPS) is 10.7. The number of rotatable bonds is 4. The van der Waals surface area contributed by atoms with Crippen LogP contribution in [0.25, 0.3) is 16.9 Å². The van der Waals surface area contributed by atoms with Crippen LogP contribution in [0.4, 0.5) is 11.4 Å². The van der Waals surface area contributed by atoms with E-state index in [9.17, 15) is 4.79 Å². The average molecular weight is 344 g/mol. The van der Waals surface area contributed by atoms with E-state index in [4.69, 9.17) is 0 Å². The molecule has 0 fully saturated rings. The van der Waals surface area contributed by atoms with Crippen molar-refractivity contribution >= 4 is 22.9 Å². The van der Waals surface area contributed by atoms with Gasteiger partial charge < -0.3 is 10.6 Å². The third kappa shape index (κ3) is 2.86. The molecule has 3 aromatic heterocycles. The van der Waals surface area contributed by atoms with Gasteiger partial charge in [0, 0.05) is 24.5 Å². The maximum atomic E-state index is 12.6. The van der Waals surface area contributed by atoms with Crippen molar-refractivity contribution in [2.24, 2.45) is 0 Å². The molecular weight excluding hydrogens is 328 g/mol. The Morgan fingerprint density at radius 2 is 1.92 bits per heavy atom. The largest absolute Gasteiger partial charge is 0.388 e. The molecule has 0 unspecified atom stereocenters. The first-order valence-corrected chi connectivity index (χ1v) is 8.09. The van der Waals surface area contributed by atoms with Crippen molar-refractivity contribution in [1.29, 1.82) is 0 Å². The molecule has 0 aliphatic heterocycles. The van der Waals surface area contributed by atoms with Crippen LogP contribution in [-0.2, 0) is 0 Å². The summed E-state index contributed by atoms with van der Waals surface area (Å²) in [5, 5.41) is 10.6. The number of hydrogen-bond acceptors (Lipinski definition) is 5. The van der Waals surface area contributed by atoms with E-state index in [1.54, 1.807) is 29.0 Å². The SMILES string of the molecule is CNc1ccccc1-c1ccc2ncc(C(=O)Nc3cccnc3)n2n1. The van der Waals surface area contributed by atoms with Gasteiger partial charge in [0.25, 0.3) is 5.91 Å². The smallest absolute Gasteiger partial charge is 0.276 e. The predicted molar refractivity (Wildman–Crippen MR) is 100 cm³/mol. The number of carbonyl (C=O) groups excluding carboxylic acids is 1. The summed E-state index contributed by atoms with van der Waals surface area (Å²) in [5.74, 6) is -0.294. The van der Waals surface area contributed by atoms with E-state index >= 15 is 0 Å². The zero-order valence-corrected chi connectivity index (χ0v) is 14.0. The topological polar surface area (TPSA) is 84.2 Å². The van der Waals surface area contributed by atoms with Gasteiger partial charge in [0.1, 0.15) is 0 Å². The molecule has 1 amide bonds. The maximum Gasteiger partial charge on any atom is 0.276 e. The summed E-state index contributed by atoms with van der Waals surface area (Å²) < 4.78 is 1.55. The number of para-hydroxylation sites is 1. The second-order valence-corrected chi connectivity index (χ2v) is 5.62. The summed E-state index contributed by atoms with van der Waals surface area (Å²) in [6, 6.07) is 15.1. The van der Waals surface area contributed by atoms with Crippen LogP contribution >= 0.6 is 0 Å². The van der Waals surface area contributed by atoms with Crippen LogP contribution < -0.4 is 10.6 Å². The summed E-state index contributed by atoms with van der Waals surface area (Å²) in [4.78, 5) is 20.9. The minimum Gasteiger partial charge on any atom is -0.388 e.